The number of rotatable bonds is 13. The molecule has 0 saturated carbocycles. The zero-order valence-electron chi connectivity index (χ0n) is 43.4. The maximum atomic E-state index is 12.9. The molecule has 4 N–H and O–H groups in total. The number of benzene rings is 8. The summed E-state index contributed by atoms with van der Waals surface area (Å²) in [5, 5.41) is 0.560. The van der Waals surface area contributed by atoms with Gasteiger partial charge >= 0.3 is 70.9 Å². The average Bonchev–Trinajstić information content (AvgIpc) is 0.760. The molecule has 0 spiro atoms. The van der Waals surface area contributed by atoms with E-state index in [0.29, 0.717) is 0 Å². The first-order valence-electron chi connectivity index (χ1n) is 25.0. The molecule has 85 heavy (non-hydrogen) atoms. The first-order chi connectivity index (χ1) is 40.3. The molecule has 12 rings (SSSR count). The lowest BCUT2D eigenvalue weighted by Gasteiger charge is -2.59. The predicted molar refractivity (Wildman–Crippen MR) is 318 cm³/mol. The van der Waals surface area contributed by atoms with Crippen LogP contribution in [0.15, 0.2) is 238 Å². The Hall–Kier alpha value is -5.13. The quantitative estimate of drug-likeness (QED) is 0.0759. The van der Waals surface area contributed by atoms with Gasteiger partial charge in [-0.3, -0.25) is 18.2 Å². The summed E-state index contributed by atoms with van der Waals surface area (Å²) in [4.78, 5) is -2.29. The topological polar surface area (TPSA) is 328 Å². The number of fused-ring (bicyclic) bond motifs is 4. The van der Waals surface area contributed by atoms with E-state index in [-0.39, 0.29) is 52.0 Å². The third kappa shape index (κ3) is 11.2. The molecule has 8 aromatic carbocycles. The van der Waals surface area contributed by atoms with Gasteiger partial charge in [0.2, 0.25) is 0 Å². The molecule has 0 radical (unpaired) electrons. The van der Waals surface area contributed by atoms with Gasteiger partial charge < -0.3 is 49.4 Å². The van der Waals surface area contributed by atoms with Crippen molar-refractivity contribution in [3.05, 3.63) is 218 Å². The highest BCUT2D eigenvalue weighted by molar-refractivity contribution is 7.86. The van der Waals surface area contributed by atoms with Crippen molar-refractivity contribution in [2.75, 3.05) is 0 Å². The molecule has 0 aliphatic carbocycles. The summed E-state index contributed by atoms with van der Waals surface area (Å²) in [5.74, 6) is 0. The number of hydrogen-bond acceptors (Lipinski definition) is 20. The lowest BCUT2D eigenvalue weighted by Crippen LogP contribution is -2.92. The van der Waals surface area contributed by atoms with Crippen molar-refractivity contribution in [1.29, 1.82) is 0 Å². The van der Waals surface area contributed by atoms with E-state index in [0.717, 1.165) is 48.5 Å². The zero-order chi connectivity index (χ0) is 59.9. The van der Waals surface area contributed by atoms with Gasteiger partial charge in [-0.05, 0) is 53.7 Å². The highest BCUT2D eigenvalue weighted by Gasteiger charge is 2.82. The van der Waals surface area contributed by atoms with Gasteiger partial charge in [-0.2, -0.15) is 33.7 Å². The average molecular weight is 1390 g/mol. The molecule has 4 aliphatic rings. The van der Waals surface area contributed by atoms with Crippen LogP contribution in [-0.2, 0) is 89.9 Å². The van der Waals surface area contributed by atoms with Crippen LogP contribution in [0.3, 0.4) is 0 Å². The Balaban J connectivity index is 1.30. The van der Waals surface area contributed by atoms with Gasteiger partial charge in [0.05, 0.1) is 19.6 Å². The van der Waals surface area contributed by atoms with Crippen LogP contribution in [0, 0.1) is 0 Å². The van der Waals surface area contributed by atoms with Gasteiger partial charge in [0.15, 0.2) is 0 Å². The van der Waals surface area contributed by atoms with Crippen molar-refractivity contribution >= 4 is 163 Å². The van der Waals surface area contributed by atoms with E-state index >= 15 is 0 Å². The Morgan fingerprint density at radius 2 is 0.518 bits per heavy atom. The van der Waals surface area contributed by atoms with Crippen LogP contribution >= 0.6 is 0 Å². The van der Waals surface area contributed by atoms with Crippen molar-refractivity contribution in [1.82, 2.24) is 0 Å². The van der Waals surface area contributed by atoms with Crippen LogP contribution in [0.4, 0.5) is 0 Å². The summed E-state index contributed by atoms with van der Waals surface area (Å²) < 4.78 is 237. The lowest BCUT2D eigenvalue weighted by molar-refractivity contribution is 0.0297. The van der Waals surface area contributed by atoms with Gasteiger partial charge in [-0.25, -0.2) is 0 Å². The minimum atomic E-state index is -5.71. The third-order valence-electron chi connectivity index (χ3n) is 13.7. The van der Waals surface area contributed by atoms with Crippen LogP contribution in [0.5, 0.6) is 0 Å². The summed E-state index contributed by atoms with van der Waals surface area (Å²) in [6.45, 7) is 0. The Labute approximate surface area is 498 Å². The molecule has 8 aromatic rings. The maximum Gasteiger partial charge on any atom is 0.515 e. The Morgan fingerprint density at radius 1 is 0.294 bits per heavy atom. The van der Waals surface area contributed by atoms with E-state index in [9.17, 15) is 51.9 Å². The fraction of sp³-hybridized carbons (Fsp3) is 0. The molecule has 4 aliphatic heterocycles. The second-order valence-electron chi connectivity index (χ2n) is 19.1. The van der Waals surface area contributed by atoms with Crippen molar-refractivity contribution in [2.45, 2.75) is 19.6 Å². The summed E-state index contributed by atoms with van der Waals surface area (Å²) in [5.41, 5.74) is 0. The Morgan fingerprint density at radius 3 is 0.800 bits per heavy atom. The fourth-order valence-corrected chi connectivity index (χ4v) is 56.3. The molecule has 4 heterocycles. The van der Waals surface area contributed by atoms with Crippen molar-refractivity contribution < 1.29 is 101 Å². The largest absolute Gasteiger partial charge is 0.515 e. The molecule has 6 bridgehead atoms. The molecule has 440 valence electrons. The van der Waals surface area contributed by atoms with Gasteiger partial charge in [0, 0.05) is 36.3 Å². The molecule has 4 fully saturated rings. The highest BCUT2D eigenvalue weighted by Crippen LogP contribution is 2.45. The smallest absolute Gasteiger partial charge is 0.422 e. The van der Waals surface area contributed by atoms with Crippen LogP contribution in [0.2, 0.25) is 0 Å². The summed E-state index contributed by atoms with van der Waals surface area (Å²) >= 11 is 0. The normalized spacial score (nSPS) is 28.9. The second kappa shape index (κ2) is 21.9. The van der Waals surface area contributed by atoms with Gasteiger partial charge in [-0.1, -0.05) is 170 Å². The standard InChI is InChI=1S/C48H44O24S4Si9/c49-73(50,51)37-21-29-41(30-22-37)78-62-80(42-13-5-1-6-14-42)66-82(43-15-7-2-8-16-43)64-79(61-77,46-31-23-38(24-32-46)74(52,53)54)65-85(48-35-27-40(28-36-48)76(58,59)60)69-81(63-78,47-33-25-39(26-34-47)75(55,56)57)68-83(67-80,44-17-9-3-10-18-44)71-84(70-82,72-85)45-19-11-4-12-20-45/h1-36,78H,77H3,(H,49,50,51)(H,52,53,54)(H,55,56,57)(H,58,59,60). The summed E-state index contributed by atoms with van der Waals surface area (Å²) in [7, 11) is -62.0. The van der Waals surface area contributed by atoms with Crippen molar-refractivity contribution in [3.63, 3.8) is 0 Å². The molecular formula is C48H44O24S4Si9. The monoisotopic (exact) mass is 1380 g/mol. The highest BCUT2D eigenvalue weighted by atomic mass is 32.2. The first kappa shape index (κ1) is 60.2. The van der Waals surface area contributed by atoms with Gasteiger partial charge in [0.1, 0.15) is 10.5 Å². The van der Waals surface area contributed by atoms with E-state index in [1.807, 2.05) is 0 Å². The Kier molecular flexibility index (Phi) is 15.5. The van der Waals surface area contributed by atoms with Crippen LogP contribution < -0.4 is 41.5 Å². The number of hydrogen-bond donors (Lipinski definition) is 4. The second-order valence-corrected chi connectivity index (χ2v) is 48.8. The minimum Gasteiger partial charge on any atom is -0.422 e. The zero-order valence-corrected chi connectivity index (χ0v) is 56.9. The van der Waals surface area contributed by atoms with E-state index in [1.165, 1.54) is 48.5 Å². The van der Waals surface area contributed by atoms with Crippen LogP contribution in [0.1, 0.15) is 0 Å². The van der Waals surface area contributed by atoms with E-state index in [4.69, 9.17) is 49.4 Å². The van der Waals surface area contributed by atoms with Gasteiger partial charge in [-0.15, -0.1) is 0 Å². The van der Waals surface area contributed by atoms with Crippen LogP contribution in [0.25, 0.3) is 0 Å². The van der Waals surface area contributed by atoms with E-state index in [1.54, 1.807) is 121 Å². The van der Waals surface area contributed by atoms with E-state index in [2.05, 4.69) is 0 Å². The molecule has 0 amide bonds. The van der Waals surface area contributed by atoms with Gasteiger partial charge in [0.25, 0.3) is 40.5 Å². The predicted octanol–water partition coefficient (Wildman–Crippen LogP) is -1.44. The van der Waals surface area contributed by atoms with Crippen molar-refractivity contribution in [3.8, 4) is 0 Å². The third-order valence-corrected chi connectivity index (χ3v) is 51.1. The SMILES string of the molecule is O=S(=O)(O)c1ccc([SiH]2O[Si]3(c4ccccc4)O[Si]4(c5ccccc5)O[Si](O[SiH3])(c5ccc(S(=O)(=O)O)cc5)O[Si]5(c6ccc(S(=O)(=O)O)cc6)O[Si](c6ccc(S(=O)(=O)O)cc6)(O2)O[Si](c2ccccc2)(O3)O[Si](c2ccccc2)(O4)O5)cc1. The summed E-state index contributed by atoms with van der Waals surface area (Å²) in [6.07, 6.45) is 0. The maximum absolute atomic E-state index is 12.9. The molecule has 0 aromatic heterocycles. The minimum absolute atomic E-state index is 0.0332. The lowest BCUT2D eigenvalue weighted by atomic mass is 10.4. The molecule has 8 unspecified atom stereocenters. The van der Waals surface area contributed by atoms with Crippen molar-refractivity contribution in [2.24, 2.45) is 0 Å². The fourth-order valence-electron chi connectivity index (χ4n) is 9.70. The molecule has 24 nitrogen and oxygen atoms in total. The first-order valence-corrected chi connectivity index (χ1v) is 45.2. The summed E-state index contributed by atoms with van der Waals surface area (Å²) in [6, 6.07) is 51.7. The molecule has 8 atom stereocenters. The Bertz CT molecular complexity index is 4310. The molecular weight excluding hydrogens is 1340 g/mol. The van der Waals surface area contributed by atoms with Crippen LogP contribution in [-0.4, -0.2) is 133 Å². The van der Waals surface area contributed by atoms with E-state index < -0.39 is 131 Å². The molecule has 37 heteroatoms. The molecule has 4 saturated heterocycles.